The van der Waals surface area contributed by atoms with Crippen molar-refractivity contribution >= 4 is 16.9 Å². The molecule has 116 valence electrons. The first-order chi connectivity index (χ1) is 11.0. The predicted molar refractivity (Wildman–Crippen MR) is 91.9 cm³/mol. The number of benzene rings is 2. The first-order valence-corrected chi connectivity index (χ1v) is 8.04. The molecule has 0 saturated carbocycles. The summed E-state index contributed by atoms with van der Waals surface area (Å²) in [6.45, 7) is 3.68. The molecule has 0 saturated heterocycles. The van der Waals surface area contributed by atoms with Crippen LogP contribution in [0.2, 0.25) is 0 Å². The number of thioether (sulfide) groups is 1. The van der Waals surface area contributed by atoms with Crippen LogP contribution in [0.15, 0.2) is 63.9 Å². The van der Waals surface area contributed by atoms with E-state index >= 15 is 0 Å². The van der Waals surface area contributed by atoms with Crippen molar-refractivity contribution < 1.29 is 14.3 Å². The van der Waals surface area contributed by atoms with Gasteiger partial charge in [-0.15, -0.1) is 0 Å². The zero-order valence-corrected chi connectivity index (χ0v) is 13.7. The Bertz CT molecular complexity index is 827. The summed E-state index contributed by atoms with van der Waals surface area (Å²) in [7, 11) is 0. The molecule has 3 aromatic rings. The second-order valence-electron chi connectivity index (χ2n) is 5.33. The van der Waals surface area contributed by atoms with E-state index in [4.69, 9.17) is 4.42 Å². The van der Waals surface area contributed by atoms with Crippen LogP contribution >= 0.6 is 11.8 Å². The smallest absolute Gasteiger partial charge is 0.259 e. The Balaban J connectivity index is 1.84. The minimum atomic E-state index is -0.130. The fourth-order valence-corrected chi connectivity index (χ4v) is 3.06. The summed E-state index contributed by atoms with van der Waals surface area (Å²) >= 11 is 1.14. The number of aryl methyl sites for hydroxylation is 2. The maximum absolute atomic E-state index is 12.3. The van der Waals surface area contributed by atoms with Crippen LogP contribution in [0.25, 0.3) is 11.3 Å². The van der Waals surface area contributed by atoms with Gasteiger partial charge >= 0.3 is 0 Å². The normalized spacial score (nSPS) is 10.7. The molecule has 0 amide bonds. The molecule has 0 atom stereocenters. The first kappa shape index (κ1) is 15.4. The van der Waals surface area contributed by atoms with Crippen LogP contribution in [0.4, 0.5) is 0 Å². The summed E-state index contributed by atoms with van der Waals surface area (Å²) in [4.78, 5) is 13.2. The fourth-order valence-electron chi connectivity index (χ4n) is 2.35. The molecule has 0 aliphatic carbocycles. The number of rotatable bonds is 3. The third-order valence-corrected chi connectivity index (χ3v) is 4.43. The van der Waals surface area contributed by atoms with E-state index in [2.05, 4.69) is 0 Å². The van der Waals surface area contributed by atoms with Crippen molar-refractivity contribution in [3.8, 4) is 17.1 Å². The van der Waals surface area contributed by atoms with Gasteiger partial charge in [-0.05, 0) is 73.1 Å². The monoisotopic (exact) mass is 324 g/mol. The maximum atomic E-state index is 12.3. The van der Waals surface area contributed by atoms with Crippen molar-refractivity contribution in [1.82, 2.24) is 0 Å². The molecule has 2 aromatic carbocycles. The zero-order chi connectivity index (χ0) is 16.4. The average Bonchev–Trinajstić information content (AvgIpc) is 3.03. The Hall–Kier alpha value is -2.46. The van der Waals surface area contributed by atoms with E-state index in [-0.39, 0.29) is 10.9 Å². The van der Waals surface area contributed by atoms with Gasteiger partial charge in [-0.2, -0.15) is 0 Å². The lowest BCUT2D eigenvalue weighted by molar-refractivity contribution is 0.106. The summed E-state index contributed by atoms with van der Waals surface area (Å²) in [6, 6.07) is 16.6. The first-order valence-electron chi connectivity index (χ1n) is 7.22. The van der Waals surface area contributed by atoms with Crippen molar-refractivity contribution in [1.29, 1.82) is 0 Å². The van der Waals surface area contributed by atoms with Gasteiger partial charge in [0.1, 0.15) is 11.5 Å². The third kappa shape index (κ3) is 3.32. The number of aromatic hydroxyl groups is 1. The highest BCUT2D eigenvalue weighted by Crippen LogP contribution is 2.31. The summed E-state index contributed by atoms with van der Waals surface area (Å²) in [5.74, 6) is 1.22. The Labute approximate surface area is 139 Å². The maximum Gasteiger partial charge on any atom is 0.259 e. The van der Waals surface area contributed by atoms with Gasteiger partial charge in [-0.25, -0.2) is 0 Å². The van der Waals surface area contributed by atoms with Gasteiger partial charge in [-0.1, -0.05) is 18.2 Å². The summed E-state index contributed by atoms with van der Waals surface area (Å²) in [5, 5.41) is 9.72. The molecule has 3 rings (SSSR count). The van der Waals surface area contributed by atoms with Crippen molar-refractivity contribution in [2.75, 3.05) is 0 Å². The van der Waals surface area contributed by atoms with E-state index in [9.17, 15) is 9.90 Å². The minimum Gasteiger partial charge on any atom is -0.507 e. The topological polar surface area (TPSA) is 50.4 Å². The van der Waals surface area contributed by atoms with E-state index in [1.807, 2.05) is 56.3 Å². The molecular weight excluding hydrogens is 308 g/mol. The summed E-state index contributed by atoms with van der Waals surface area (Å²) in [6.07, 6.45) is 0. The Morgan fingerprint density at radius 3 is 2.30 bits per heavy atom. The number of phenolic OH excluding ortho intramolecular Hbond substituents is 1. The van der Waals surface area contributed by atoms with Crippen molar-refractivity contribution in [3.05, 3.63) is 71.5 Å². The Morgan fingerprint density at radius 1 is 1.00 bits per heavy atom. The van der Waals surface area contributed by atoms with Gasteiger partial charge in [0.25, 0.3) is 5.12 Å². The number of hydrogen-bond donors (Lipinski definition) is 1. The number of hydrogen-bond acceptors (Lipinski definition) is 4. The molecule has 23 heavy (non-hydrogen) atoms. The van der Waals surface area contributed by atoms with E-state index in [1.165, 1.54) is 0 Å². The van der Waals surface area contributed by atoms with Crippen LogP contribution in [-0.2, 0) is 0 Å². The number of furan rings is 1. The Kier molecular flexibility index (Phi) is 4.26. The number of phenols is 1. The lowest BCUT2D eigenvalue weighted by Gasteiger charge is -2.06. The Morgan fingerprint density at radius 2 is 1.65 bits per heavy atom. The molecule has 3 nitrogen and oxygen atoms in total. The van der Waals surface area contributed by atoms with Crippen LogP contribution in [0.3, 0.4) is 0 Å². The largest absolute Gasteiger partial charge is 0.507 e. The van der Waals surface area contributed by atoms with Gasteiger partial charge in [0.15, 0.2) is 5.76 Å². The summed E-state index contributed by atoms with van der Waals surface area (Å²) in [5.41, 5.74) is 2.41. The quantitative estimate of drug-likeness (QED) is 0.673. The van der Waals surface area contributed by atoms with Gasteiger partial charge < -0.3 is 9.52 Å². The van der Waals surface area contributed by atoms with E-state index < -0.39 is 0 Å². The number of carbonyl (C=O) groups is 1. The molecule has 1 heterocycles. The van der Waals surface area contributed by atoms with E-state index in [0.717, 1.165) is 33.3 Å². The van der Waals surface area contributed by atoms with Crippen molar-refractivity contribution in [2.45, 2.75) is 18.7 Å². The van der Waals surface area contributed by atoms with Gasteiger partial charge in [0.2, 0.25) is 0 Å². The molecule has 0 radical (unpaired) electrons. The highest BCUT2D eigenvalue weighted by atomic mass is 32.2. The number of carbonyl (C=O) groups excluding carboxylic acids is 1. The fraction of sp³-hybridized carbons (Fsp3) is 0.105. The highest BCUT2D eigenvalue weighted by molar-refractivity contribution is 8.14. The average molecular weight is 324 g/mol. The molecule has 0 spiro atoms. The lowest BCUT2D eigenvalue weighted by atomic mass is 10.0. The van der Waals surface area contributed by atoms with Gasteiger partial charge in [0, 0.05) is 10.5 Å². The van der Waals surface area contributed by atoms with Gasteiger partial charge in [0.05, 0.1) is 0 Å². The minimum absolute atomic E-state index is 0.130. The van der Waals surface area contributed by atoms with E-state index in [1.54, 1.807) is 12.1 Å². The molecule has 4 heteroatoms. The zero-order valence-electron chi connectivity index (χ0n) is 12.9. The van der Waals surface area contributed by atoms with Crippen LogP contribution in [0, 0.1) is 13.8 Å². The van der Waals surface area contributed by atoms with Crippen LogP contribution in [0.5, 0.6) is 5.75 Å². The van der Waals surface area contributed by atoms with Crippen molar-refractivity contribution in [3.63, 3.8) is 0 Å². The molecule has 0 unspecified atom stereocenters. The van der Waals surface area contributed by atoms with Crippen LogP contribution in [0.1, 0.15) is 21.7 Å². The SMILES string of the molecule is Cc1cc(-c2ccc(C(=O)Sc3ccccc3)o2)cc(C)c1O. The van der Waals surface area contributed by atoms with E-state index in [0.29, 0.717) is 11.5 Å². The molecule has 0 bridgehead atoms. The second-order valence-corrected chi connectivity index (χ2v) is 6.37. The van der Waals surface area contributed by atoms with Crippen molar-refractivity contribution in [2.24, 2.45) is 0 Å². The van der Waals surface area contributed by atoms with Gasteiger partial charge in [-0.3, -0.25) is 4.79 Å². The summed E-state index contributed by atoms with van der Waals surface area (Å²) < 4.78 is 5.70. The third-order valence-electron chi connectivity index (χ3n) is 3.54. The molecule has 0 aliphatic heterocycles. The molecule has 1 N–H and O–H groups in total. The predicted octanol–water partition coefficient (Wildman–Crippen LogP) is 5.20. The second kappa shape index (κ2) is 6.34. The lowest BCUT2D eigenvalue weighted by Crippen LogP contribution is -1.89. The highest BCUT2D eigenvalue weighted by Gasteiger charge is 2.15. The molecule has 0 fully saturated rings. The molecule has 1 aromatic heterocycles. The van der Waals surface area contributed by atoms with Crippen LogP contribution < -0.4 is 0 Å². The van der Waals surface area contributed by atoms with Crippen LogP contribution in [-0.4, -0.2) is 10.2 Å². The molecule has 0 aliphatic rings. The standard InChI is InChI=1S/C19H16O3S/c1-12-10-14(11-13(2)18(12)20)16-8-9-17(22-16)19(21)23-15-6-4-3-5-7-15/h3-11,20H,1-2H3. The molecular formula is C19H16O3S.